The second kappa shape index (κ2) is 6.34. The predicted molar refractivity (Wildman–Crippen MR) is 87.2 cm³/mol. The summed E-state index contributed by atoms with van der Waals surface area (Å²) in [6.07, 6.45) is 1.52. The highest BCUT2D eigenvalue weighted by Gasteiger charge is 2.36. The van der Waals surface area contributed by atoms with Crippen LogP contribution in [0.4, 0.5) is 5.69 Å². The molecule has 1 aromatic carbocycles. The molecule has 3 rings (SSSR count). The number of ether oxygens (including phenoxy) is 2. The van der Waals surface area contributed by atoms with E-state index in [9.17, 15) is 4.79 Å². The third kappa shape index (κ3) is 3.47. The van der Waals surface area contributed by atoms with Crippen LogP contribution in [0, 0.1) is 5.92 Å². The summed E-state index contributed by atoms with van der Waals surface area (Å²) in [7, 11) is 0. The van der Waals surface area contributed by atoms with Crippen LogP contribution in [0.1, 0.15) is 38.3 Å². The molecule has 1 fully saturated rings. The number of fused-ring (bicyclic) bond motifs is 1. The van der Waals surface area contributed by atoms with Gasteiger partial charge in [-0.1, -0.05) is 0 Å². The van der Waals surface area contributed by atoms with Gasteiger partial charge < -0.3 is 20.5 Å². The molecule has 2 unspecified atom stereocenters. The maximum Gasteiger partial charge on any atom is 0.226 e. The van der Waals surface area contributed by atoms with Crippen LogP contribution in [0.25, 0.3) is 0 Å². The minimum Gasteiger partial charge on any atom is -0.487 e. The van der Waals surface area contributed by atoms with Crippen molar-refractivity contribution < 1.29 is 14.3 Å². The van der Waals surface area contributed by atoms with Crippen molar-refractivity contribution in [2.24, 2.45) is 5.92 Å². The minimum absolute atomic E-state index is 0. The van der Waals surface area contributed by atoms with Crippen LogP contribution in [-0.2, 0) is 9.53 Å². The summed E-state index contributed by atoms with van der Waals surface area (Å²) in [4.78, 5) is 12.4. The molecule has 0 saturated carbocycles. The highest BCUT2D eigenvalue weighted by Crippen LogP contribution is 2.40. The molecule has 2 aliphatic rings. The van der Waals surface area contributed by atoms with Crippen LogP contribution < -0.4 is 15.8 Å². The molecule has 0 spiro atoms. The molecule has 2 atom stereocenters. The Bertz CT molecular complexity index is 556. The first-order valence-electron chi connectivity index (χ1n) is 7.41. The number of carbonyl (C=O) groups is 1. The van der Waals surface area contributed by atoms with Gasteiger partial charge in [-0.05, 0) is 38.5 Å². The number of anilines is 1. The highest BCUT2D eigenvalue weighted by atomic mass is 35.5. The molecule has 0 radical (unpaired) electrons. The van der Waals surface area contributed by atoms with Crippen molar-refractivity contribution >= 4 is 24.0 Å². The Balaban J connectivity index is 0.00000176. The van der Waals surface area contributed by atoms with E-state index in [-0.39, 0.29) is 35.9 Å². The molecular formula is C16H23ClN2O3. The molecule has 1 saturated heterocycles. The fourth-order valence-electron chi connectivity index (χ4n) is 3.03. The van der Waals surface area contributed by atoms with E-state index in [0.717, 1.165) is 24.2 Å². The number of nitrogens with one attached hydrogen (secondary N) is 1. The summed E-state index contributed by atoms with van der Waals surface area (Å²) < 4.78 is 11.3. The van der Waals surface area contributed by atoms with E-state index >= 15 is 0 Å². The summed E-state index contributed by atoms with van der Waals surface area (Å²) in [5.74, 6) is 0.817. The number of hydrogen-bond acceptors (Lipinski definition) is 4. The van der Waals surface area contributed by atoms with E-state index in [4.69, 9.17) is 15.2 Å². The quantitative estimate of drug-likeness (QED) is 0.819. The number of hydrogen-bond donors (Lipinski definition) is 2. The normalized spacial score (nSPS) is 25.5. The van der Waals surface area contributed by atoms with Crippen molar-refractivity contribution in [3.05, 3.63) is 23.8 Å². The Hall–Kier alpha value is -1.46. The lowest BCUT2D eigenvalue weighted by molar-refractivity contribution is -0.126. The lowest BCUT2D eigenvalue weighted by atomic mass is 9.89. The molecule has 1 aromatic rings. The highest BCUT2D eigenvalue weighted by molar-refractivity contribution is 5.85. The maximum atomic E-state index is 12.4. The summed E-state index contributed by atoms with van der Waals surface area (Å²) in [5.41, 5.74) is 7.20. The molecule has 3 N–H and O–H groups in total. The molecule has 1 amide bonds. The van der Waals surface area contributed by atoms with Gasteiger partial charge in [0, 0.05) is 24.3 Å². The van der Waals surface area contributed by atoms with Crippen molar-refractivity contribution in [3.8, 4) is 5.75 Å². The van der Waals surface area contributed by atoms with Crippen LogP contribution in [0.2, 0.25) is 0 Å². The summed E-state index contributed by atoms with van der Waals surface area (Å²) in [6.45, 7) is 5.25. The molecule has 5 nitrogen and oxygen atoms in total. The number of nitrogens with two attached hydrogens (primary N) is 1. The molecule has 22 heavy (non-hydrogen) atoms. The van der Waals surface area contributed by atoms with Crippen molar-refractivity contribution in [1.82, 2.24) is 5.32 Å². The lowest BCUT2D eigenvalue weighted by Crippen LogP contribution is -2.43. The molecule has 0 bridgehead atoms. The summed E-state index contributed by atoms with van der Waals surface area (Å²) in [5, 5.41) is 3.15. The van der Waals surface area contributed by atoms with Crippen LogP contribution in [0.3, 0.4) is 0 Å². The van der Waals surface area contributed by atoms with Crippen LogP contribution in [0.15, 0.2) is 18.2 Å². The largest absolute Gasteiger partial charge is 0.487 e. The van der Waals surface area contributed by atoms with Crippen LogP contribution in [-0.4, -0.2) is 24.7 Å². The first-order chi connectivity index (χ1) is 9.94. The van der Waals surface area contributed by atoms with Crippen LogP contribution >= 0.6 is 12.4 Å². The van der Waals surface area contributed by atoms with Gasteiger partial charge in [0.25, 0.3) is 0 Å². The van der Waals surface area contributed by atoms with Crippen molar-refractivity contribution in [2.75, 3.05) is 18.9 Å². The molecule has 2 heterocycles. The number of halogens is 1. The van der Waals surface area contributed by atoms with E-state index < -0.39 is 0 Å². The number of benzene rings is 1. The van der Waals surface area contributed by atoms with Gasteiger partial charge in [0.1, 0.15) is 11.4 Å². The number of amides is 1. The zero-order valence-corrected chi connectivity index (χ0v) is 13.7. The third-order valence-corrected chi connectivity index (χ3v) is 4.11. The molecule has 6 heteroatoms. The third-order valence-electron chi connectivity index (χ3n) is 4.11. The van der Waals surface area contributed by atoms with Gasteiger partial charge >= 0.3 is 0 Å². The number of rotatable bonds is 2. The minimum atomic E-state index is -0.312. The lowest BCUT2D eigenvalue weighted by Gasteiger charge is -2.38. The summed E-state index contributed by atoms with van der Waals surface area (Å²) >= 11 is 0. The Morgan fingerprint density at radius 3 is 2.86 bits per heavy atom. The van der Waals surface area contributed by atoms with Crippen molar-refractivity contribution in [3.63, 3.8) is 0 Å². The second-order valence-electron chi connectivity index (χ2n) is 6.48. The molecule has 0 aromatic heterocycles. The Morgan fingerprint density at radius 2 is 2.18 bits per heavy atom. The topological polar surface area (TPSA) is 73.6 Å². The van der Waals surface area contributed by atoms with E-state index in [1.807, 2.05) is 32.0 Å². The second-order valence-corrected chi connectivity index (χ2v) is 6.48. The van der Waals surface area contributed by atoms with Gasteiger partial charge in [-0.3, -0.25) is 4.79 Å². The first kappa shape index (κ1) is 16.9. The molecule has 122 valence electrons. The number of nitrogen functional groups attached to an aromatic ring is 1. The van der Waals surface area contributed by atoms with Crippen LogP contribution in [0.5, 0.6) is 5.75 Å². The SMILES string of the molecule is CC1(C)CC(NC(=O)C2CCOC2)c2cc(N)ccc2O1.Cl. The standard InChI is InChI=1S/C16H22N2O3.ClH/c1-16(2)8-13(18-15(19)10-5-6-20-9-10)12-7-11(17)3-4-14(12)21-16;/h3-4,7,10,13H,5-6,8-9,17H2,1-2H3,(H,18,19);1H. The Morgan fingerprint density at radius 1 is 1.41 bits per heavy atom. The van der Waals surface area contributed by atoms with Crippen molar-refractivity contribution in [1.29, 1.82) is 0 Å². The van der Waals surface area contributed by atoms with E-state index in [0.29, 0.717) is 18.9 Å². The zero-order chi connectivity index (χ0) is 15.0. The fourth-order valence-corrected chi connectivity index (χ4v) is 3.03. The average Bonchev–Trinajstić information content (AvgIpc) is 2.93. The molecule has 0 aliphatic carbocycles. The maximum absolute atomic E-state index is 12.4. The fraction of sp³-hybridized carbons (Fsp3) is 0.562. The van der Waals surface area contributed by atoms with Gasteiger partial charge in [-0.2, -0.15) is 0 Å². The van der Waals surface area contributed by atoms with Gasteiger partial charge in [0.15, 0.2) is 0 Å². The Labute approximate surface area is 137 Å². The van der Waals surface area contributed by atoms with Gasteiger partial charge in [0.2, 0.25) is 5.91 Å². The summed E-state index contributed by atoms with van der Waals surface area (Å²) in [6, 6.07) is 5.52. The van der Waals surface area contributed by atoms with E-state index in [1.165, 1.54) is 0 Å². The van der Waals surface area contributed by atoms with E-state index in [2.05, 4.69) is 5.32 Å². The molecule has 2 aliphatic heterocycles. The van der Waals surface area contributed by atoms with Crippen molar-refractivity contribution in [2.45, 2.75) is 38.3 Å². The van der Waals surface area contributed by atoms with Gasteiger partial charge in [-0.25, -0.2) is 0 Å². The average molecular weight is 327 g/mol. The van der Waals surface area contributed by atoms with E-state index in [1.54, 1.807) is 0 Å². The molecular weight excluding hydrogens is 304 g/mol. The zero-order valence-electron chi connectivity index (χ0n) is 12.9. The van der Waals surface area contributed by atoms with Gasteiger partial charge in [-0.15, -0.1) is 12.4 Å². The smallest absolute Gasteiger partial charge is 0.226 e. The first-order valence-corrected chi connectivity index (χ1v) is 7.41. The van der Waals surface area contributed by atoms with Gasteiger partial charge in [0.05, 0.1) is 18.6 Å². The Kier molecular flexibility index (Phi) is 4.87. The number of carbonyl (C=O) groups excluding carboxylic acids is 1. The monoisotopic (exact) mass is 326 g/mol. The predicted octanol–water partition coefficient (Wildman–Crippen LogP) is 2.45.